The molecule has 2 aromatic heterocycles. The number of nitro benzene ring substituents is 1. The highest BCUT2D eigenvalue weighted by Gasteiger charge is 2.20. The Morgan fingerprint density at radius 3 is 2.85 bits per heavy atom. The van der Waals surface area contributed by atoms with E-state index in [-0.39, 0.29) is 11.6 Å². The molecule has 0 aliphatic heterocycles. The third-order valence-corrected chi connectivity index (χ3v) is 5.55. The third kappa shape index (κ3) is 3.92. The Kier molecular flexibility index (Phi) is 5.33. The van der Waals surface area contributed by atoms with Crippen LogP contribution in [-0.2, 0) is 11.8 Å². The number of nitrogens with zero attached hydrogens (tertiary/aromatic N) is 4. The molecule has 0 radical (unpaired) electrons. The Bertz CT molecular complexity index is 939. The van der Waals surface area contributed by atoms with Crippen LogP contribution in [0.15, 0.2) is 46.9 Å². The molecule has 0 spiro atoms. The molecule has 1 aromatic carbocycles. The first-order valence-electron chi connectivity index (χ1n) is 7.61. The molecule has 1 unspecified atom stereocenters. The average Bonchev–Trinajstić information content (AvgIpc) is 3.25. The molecule has 134 valence electrons. The first-order valence-corrected chi connectivity index (χ1v) is 9.37. The van der Waals surface area contributed by atoms with E-state index in [1.54, 1.807) is 24.3 Å². The van der Waals surface area contributed by atoms with Crippen molar-refractivity contribution in [2.24, 2.45) is 7.05 Å². The largest absolute Gasteiger partial charge is 0.325 e. The van der Waals surface area contributed by atoms with Crippen molar-refractivity contribution in [1.82, 2.24) is 14.8 Å². The van der Waals surface area contributed by atoms with E-state index < -0.39 is 10.2 Å². The quantitative estimate of drug-likeness (QED) is 0.393. The lowest BCUT2D eigenvalue weighted by Gasteiger charge is -2.11. The van der Waals surface area contributed by atoms with Crippen molar-refractivity contribution in [2.45, 2.75) is 17.3 Å². The van der Waals surface area contributed by atoms with Crippen molar-refractivity contribution in [1.29, 1.82) is 0 Å². The van der Waals surface area contributed by atoms with Crippen LogP contribution in [0.2, 0.25) is 0 Å². The maximum absolute atomic E-state index is 12.4. The minimum absolute atomic E-state index is 0.0722. The van der Waals surface area contributed by atoms with E-state index in [0.29, 0.717) is 10.8 Å². The number of non-ortho nitro benzene ring substituents is 1. The van der Waals surface area contributed by atoms with Crippen LogP contribution in [0.5, 0.6) is 0 Å². The van der Waals surface area contributed by atoms with Crippen molar-refractivity contribution in [2.75, 3.05) is 5.32 Å². The summed E-state index contributed by atoms with van der Waals surface area (Å²) < 4.78 is 1.84. The van der Waals surface area contributed by atoms with Gasteiger partial charge in [-0.3, -0.25) is 14.9 Å². The fourth-order valence-electron chi connectivity index (χ4n) is 2.19. The van der Waals surface area contributed by atoms with E-state index in [4.69, 9.17) is 0 Å². The molecule has 0 fully saturated rings. The van der Waals surface area contributed by atoms with E-state index in [1.165, 1.54) is 30.0 Å². The Morgan fingerprint density at radius 1 is 1.35 bits per heavy atom. The van der Waals surface area contributed by atoms with Gasteiger partial charge in [0.25, 0.3) is 5.69 Å². The second kappa shape index (κ2) is 7.67. The molecule has 1 N–H and O–H groups in total. The molecule has 0 saturated carbocycles. The molecule has 10 heteroatoms. The van der Waals surface area contributed by atoms with E-state index in [0.717, 1.165) is 10.7 Å². The third-order valence-electron chi connectivity index (χ3n) is 3.55. The maximum Gasteiger partial charge on any atom is 0.271 e. The highest BCUT2D eigenvalue weighted by molar-refractivity contribution is 8.00. The number of nitrogens with one attached hydrogen (secondary N) is 1. The van der Waals surface area contributed by atoms with Gasteiger partial charge in [0.15, 0.2) is 11.0 Å². The van der Waals surface area contributed by atoms with Gasteiger partial charge in [-0.1, -0.05) is 23.9 Å². The van der Waals surface area contributed by atoms with Gasteiger partial charge in [0.2, 0.25) is 5.91 Å². The summed E-state index contributed by atoms with van der Waals surface area (Å²) in [6, 6.07) is 9.74. The Morgan fingerprint density at radius 2 is 2.15 bits per heavy atom. The molecule has 26 heavy (non-hydrogen) atoms. The van der Waals surface area contributed by atoms with Gasteiger partial charge in [-0.05, 0) is 24.4 Å². The van der Waals surface area contributed by atoms with Gasteiger partial charge in [-0.2, -0.15) is 0 Å². The zero-order valence-electron chi connectivity index (χ0n) is 13.9. The molecule has 3 rings (SSSR count). The van der Waals surface area contributed by atoms with Crippen molar-refractivity contribution < 1.29 is 9.72 Å². The Hall–Kier alpha value is -2.72. The van der Waals surface area contributed by atoms with Crippen molar-refractivity contribution in [3.63, 3.8) is 0 Å². The number of carbonyl (C=O) groups is 1. The first kappa shape index (κ1) is 18.1. The van der Waals surface area contributed by atoms with Gasteiger partial charge in [-0.25, -0.2) is 0 Å². The standard InChI is InChI=1S/C16H15N5O3S2/c1-10(15(22)17-11-5-3-6-12(9-11)21(23)24)26-16-19-18-14(20(16)2)13-7-4-8-25-13/h3-10H,1-2H3,(H,17,22). The molecule has 0 aliphatic carbocycles. The van der Waals surface area contributed by atoms with E-state index in [1.807, 2.05) is 29.1 Å². The molecule has 1 atom stereocenters. The zero-order chi connectivity index (χ0) is 18.7. The topological polar surface area (TPSA) is 103 Å². The van der Waals surface area contributed by atoms with E-state index in [2.05, 4.69) is 15.5 Å². The molecule has 0 saturated heterocycles. The smallest absolute Gasteiger partial charge is 0.271 e. The summed E-state index contributed by atoms with van der Waals surface area (Å²) in [4.78, 5) is 23.7. The van der Waals surface area contributed by atoms with Crippen molar-refractivity contribution in [3.8, 4) is 10.7 Å². The van der Waals surface area contributed by atoms with Crippen LogP contribution in [0, 0.1) is 10.1 Å². The number of thioether (sulfide) groups is 1. The summed E-state index contributed by atoms with van der Waals surface area (Å²) in [6.07, 6.45) is 0. The molecular weight excluding hydrogens is 374 g/mol. The number of hydrogen-bond acceptors (Lipinski definition) is 7. The van der Waals surface area contributed by atoms with Gasteiger partial charge < -0.3 is 9.88 Å². The highest BCUT2D eigenvalue weighted by Crippen LogP contribution is 2.28. The molecule has 2 heterocycles. The van der Waals surface area contributed by atoms with Crippen LogP contribution < -0.4 is 5.32 Å². The summed E-state index contributed by atoms with van der Waals surface area (Å²) in [7, 11) is 1.85. The monoisotopic (exact) mass is 389 g/mol. The van der Waals surface area contributed by atoms with Crippen molar-refractivity contribution in [3.05, 3.63) is 51.9 Å². The molecule has 1 amide bonds. The lowest BCUT2D eigenvalue weighted by atomic mass is 10.2. The van der Waals surface area contributed by atoms with Crippen LogP contribution in [0.1, 0.15) is 6.92 Å². The number of amides is 1. The molecular formula is C16H15N5O3S2. The van der Waals surface area contributed by atoms with Gasteiger partial charge >= 0.3 is 0 Å². The fraction of sp³-hybridized carbons (Fsp3) is 0.188. The highest BCUT2D eigenvalue weighted by atomic mass is 32.2. The van der Waals surface area contributed by atoms with Crippen molar-refractivity contribution >= 4 is 40.4 Å². The van der Waals surface area contributed by atoms with Gasteiger partial charge in [0.05, 0.1) is 15.1 Å². The molecule has 3 aromatic rings. The minimum atomic E-state index is -0.500. The maximum atomic E-state index is 12.4. The number of hydrogen-bond donors (Lipinski definition) is 1. The van der Waals surface area contributed by atoms with Gasteiger partial charge in [0, 0.05) is 24.9 Å². The second-order valence-corrected chi connectivity index (χ2v) is 7.65. The number of benzene rings is 1. The van der Waals surface area contributed by atoms with Crippen LogP contribution in [0.25, 0.3) is 10.7 Å². The van der Waals surface area contributed by atoms with Gasteiger partial charge in [-0.15, -0.1) is 21.5 Å². The lowest BCUT2D eigenvalue weighted by Crippen LogP contribution is -2.22. The number of carbonyl (C=O) groups excluding carboxylic acids is 1. The van der Waals surface area contributed by atoms with Gasteiger partial charge in [0.1, 0.15) is 0 Å². The van der Waals surface area contributed by atoms with Crippen LogP contribution in [0.4, 0.5) is 11.4 Å². The Labute approximate surface area is 157 Å². The minimum Gasteiger partial charge on any atom is -0.325 e. The number of nitro groups is 1. The predicted octanol–water partition coefficient (Wildman–Crippen LogP) is 3.57. The molecule has 8 nitrogen and oxygen atoms in total. The number of aromatic nitrogens is 3. The second-order valence-electron chi connectivity index (χ2n) is 5.40. The lowest BCUT2D eigenvalue weighted by molar-refractivity contribution is -0.384. The Balaban J connectivity index is 1.68. The van der Waals surface area contributed by atoms with Crippen LogP contribution in [-0.4, -0.2) is 30.8 Å². The predicted molar refractivity (Wildman–Crippen MR) is 101 cm³/mol. The summed E-state index contributed by atoms with van der Waals surface area (Å²) in [6.45, 7) is 1.75. The fourth-order valence-corrected chi connectivity index (χ4v) is 3.75. The first-order chi connectivity index (χ1) is 12.5. The normalized spacial score (nSPS) is 11.9. The SMILES string of the molecule is CC(Sc1nnc(-c2cccs2)n1C)C(=O)Nc1cccc([N+](=O)[O-])c1. The summed E-state index contributed by atoms with van der Waals surface area (Å²) in [5.74, 6) is 0.477. The summed E-state index contributed by atoms with van der Waals surface area (Å²) >= 11 is 2.84. The number of thiophene rings is 1. The number of anilines is 1. The van der Waals surface area contributed by atoms with Crippen LogP contribution in [0.3, 0.4) is 0 Å². The average molecular weight is 389 g/mol. The van der Waals surface area contributed by atoms with E-state index >= 15 is 0 Å². The molecule has 0 bridgehead atoms. The summed E-state index contributed by atoms with van der Waals surface area (Å²) in [5.41, 5.74) is 0.311. The van der Waals surface area contributed by atoms with Crippen LogP contribution >= 0.6 is 23.1 Å². The zero-order valence-corrected chi connectivity index (χ0v) is 15.6. The number of rotatable bonds is 6. The summed E-state index contributed by atoms with van der Waals surface area (Å²) in [5, 5.41) is 24.0. The van der Waals surface area contributed by atoms with E-state index in [9.17, 15) is 14.9 Å². The molecule has 0 aliphatic rings.